The average Bonchev–Trinajstić information content (AvgIpc) is 3.18. The molecule has 0 saturated carbocycles. The molecule has 3 fully saturated rings. The zero-order chi connectivity index (χ0) is 47.4. The summed E-state index contributed by atoms with van der Waals surface area (Å²) < 4.78 is 31.0. The number of thioether (sulfide) groups is 3. The second-order valence-electron chi connectivity index (χ2n) is 15.3. The number of hydrogen-bond donors (Lipinski definition) is 2. The van der Waals surface area contributed by atoms with Gasteiger partial charge >= 0.3 is 35.8 Å². The number of amides is 1. The number of nitrogens with two attached hydrogens (primary N) is 1. The van der Waals surface area contributed by atoms with Crippen LogP contribution in [0, 0.1) is 35.5 Å². The van der Waals surface area contributed by atoms with E-state index in [9.17, 15) is 33.6 Å². The Balaban J connectivity index is 0.000000470. The van der Waals surface area contributed by atoms with E-state index < -0.39 is 40.8 Å². The number of esters is 6. The number of hydrogen-bond acceptors (Lipinski definition) is 19. The summed E-state index contributed by atoms with van der Waals surface area (Å²) in [5.41, 5.74) is 21.5. The van der Waals surface area contributed by atoms with Crippen molar-refractivity contribution in [3.8, 4) is 0 Å². The van der Waals surface area contributed by atoms with Gasteiger partial charge in [0.15, 0.2) is 16.3 Å². The molecule has 3 N–H and O–H groups in total. The molecule has 3 saturated heterocycles. The summed E-state index contributed by atoms with van der Waals surface area (Å²) in [6, 6.07) is -1.04. The highest BCUT2D eigenvalue weighted by Crippen LogP contribution is 2.43. The van der Waals surface area contributed by atoms with Gasteiger partial charge in [-0.25, -0.2) is 0 Å². The molecular weight excluding hydrogens is 873 g/mol. The van der Waals surface area contributed by atoms with Crippen molar-refractivity contribution in [2.24, 2.45) is 51.5 Å². The summed E-state index contributed by atoms with van der Waals surface area (Å²) in [5.74, 6) is -1.90. The predicted molar refractivity (Wildman–Crippen MR) is 233 cm³/mol. The first-order valence-electron chi connectivity index (χ1n) is 19.9. The maximum absolute atomic E-state index is 11.9. The van der Waals surface area contributed by atoms with Crippen molar-refractivity contribution >= 4 is 77.0 Å². The van der Waals surface area contributed by atoms with Gasteiger partial charge in [-0.2, -0.15) is 0 Å². The van der Waals surface area contributed by atoms with Crippen molar-refractivity contribution in [3.05, 3.63) is 20.9 Å². The van der Waals surface area contributed by atoms with Gasteiger partial charge in [-0.1, -0.05) is 51.8 Å². The summed E-state index contributed by atoms with van der Waals surface area (Å²) in [4.78, 5) is 83.6. The highest BCUT2D eigenvalue weighted by Gasteiger charge is 2.45. The van der Waals surface area contributed by atoms with E-state index in [-0.39, 0.29) is 100 Å². The maximum Gasteiger partial charge on any atom is 0.303 e. The lowest BCUT2D eigenvalue weighted by molar-refractivity contribution is -0.146. The Morgan fingerprint density at radius 1 is 0.548 bits per heavy atom. The molecule has 0 aromatic heterocycles. The van der Waals surface area contributed by atoms with Crippen molar-refractivity contribution in [1.82, 2.24) is 5.32 Å². The van der Waals surface area contributed by atoms with Gasteiger partial charge in [0.25, 0.3) is 0 Å². The van der Waals surface area contributed by atoms with Crippen LogP contribution in [0.2, 0.25) is 0 Å². The van der Waals surface area contributed by atoms with Crippen LogP contribution in [0.4, 0.5) is 0 Å². The highest BCUT2D eigenvalue weighted by atomic mass is 32.2. The van der Waals surface area contributed by atoms with E-state index in [1.54, 1.807) is 0 Å². The van der Waals surface area contributed by atoms with Crippen molar-refractivity contribution < 1.29 is 62.0 Å². The van der Waals surface area contributed by atoms with Gasteiger partial charge in [0.05, 0.1) is 18.1 Å². The van der Waals surface area contributed by atoms with Crippen molar-refractivity contribution in [1.29, 1.82) is 0 Å². The Labute approximate surface area is 375 Å². The molecule has 0 bridgehead atoms. The molecule has 0 aromatic carbocycles. The summed E-state index contributed by atoms with van der Waals surface area (Å²) in [5, 5.41) is 9.80. The Hall–Kier alpha value is -4.08. The molecule has 3 aliphatic rings. The van der Waals surface area contributed by atoms with Crippen LogP contribution < -0.4 is 11.1 Å². The summed E-state index contributed by atoms with van der Waals surface area (Å²) in [6.45, 7) is 20.5. The van der Waals surface area contributed by atoms with Gasteiger partial charge in [0, 0.05) is 67.1 Å². The second kappa shape index (κ2) is 27.9. The minimum atomic E-state index is -0.607. The molecule has 24 heteroatoms. The number of ether oxygens (including phenoxy) is 6. The smallest absolute Gasteiger partial charge is 0.303 e. The second-order valence-corrected chi connectivity index (χ2v) is 19.3. The van der Waals surface area contributed by atoms with Crippen LogP contribution in [-0.4, -0.2) is 118 Å². The van der Waals surface area contributed by atoms with E-state index in [0.717, 1.165) is 0 Å². The quantitative estimate of drug-likeness (QED) is 0.0780. The first-order chi connectivity index (χ1) is 28.9. The molecule has 3 aliphatic heterocycles. The van der Waals surface area contributed by atoms with Crippen LogP contribution in [-0.2, 0) is 62.0 Å². The number of carbonyl (C=O) groups excluding carboxylic acids is 7. The lowest BCUT2D eigenvalue weighted by Crippen LogP contribution is -2.55. The fraction of sp³-hybridized carbons (Fsp3) is 0.816. The Bertz CT molecular complexity index is 1650. The Morgan fingerprint density at radius 3 is 1.35 bits per heavy atom. The molecule has 1 amide bonds. The molecule has 0 aromatic rings. The van der Waals surface area contributed by atoms with Gasteiger partial charge < -0.3 is 39.5 Å². The average molecular weight is 935 g/mol. The van der Waals surface area contributed by atoms with E-state index in [4.69, 9.17) is 45.2 Å². The van der Waals surface area contributed by atoms with E-state index in [1.807, 2.05) is 34.6 Å². The third-order valence-corrected chi connectivity index (χ3v) is 15.5. The molecular formula is C38H62N8O13S3. The number of carbonyl (C=O) groups is 7. The van der Waals surface area contributed by atoms with Gasteiger partial charge in [-0.05, 0) is 46.6 Å². The first kappa shape index (κ1) is 55.9. The Kier molecular flexibility index (Phi) is 25.1. The lowest BCUT2D eigenvalue weighted by atomic mass is 9.86. The van der Waals surface area contributed by atoms with Crippen molar-refractivity contribution in [3.63, 3.8) is 0 Å². The Morgan fingerprint density at radius 2 is 0.935 bits per heavy atom. The largest absolute Gasteiger partial charge is 0.465 e. The van der Waals surface area contributed by atoms with E-state index in [2.05, 4.69) is 32.3 Å². The van der Waals surface area contributed by atoms with Crippen LogP contribution in [0.3, 0.4) is 0 Å². The molecule has 0 radical (unpaired) electrons. The number of rotatable bonds is 13. The van der Waals surface area contributed by atoms with E-state index in [1.165, 1.54) is 76.8 Å². The first-order valence-corrected chi connectivity index (χ1v) is 22.8. The molecule has 6 unspecified atom stereocenters. The molecule has 0 aliphatic carbocycles. The van der Waals surface area contributed by atoms with Crippen molar-refractivity contribution in [2.45, 2.75) is 133 Å². The summed E-state index contributed by atoms with van der Waals surface area (Å²) in [7, 11) is 0. The zero-order valence-corrected chi connectivity index (χ0v) is 39.7. The zero-order valence-electron chi connectivity index (χ0n) is 37.3. The molecule has 350 valence electrons. The van der Waals surface area contributed by atoms with Crippen LogP contribution in [0.1, 0.15) is 83.1 Å². The predicted octanol–water partition coefficient (Wildman–Crippen LogP) is 5.28. The molecule has 3 heterocycles. The molecule has 15 atom stereocenters. The number of nitrogens with zero attached hydrogens (tertiary/aromatic N) is 6. The fourth-order valence-corrected chi connectivity index (χ4v) is 11.5. The van der Waals surface area contributed by atoms with Crippen LogP contribution in [0.15, 0.2) is 10.2 Å². The van der Waals surface area contributed by atoms with E-state index in [0.29, 0.717) is 12.5 Å². The van der Waals surface area contributed by atoms with Crippen LogP contribution in [0.25, 0.3) is 20.9 Å². The molecule has 3 rings (SSSR count). The van der Waals surface area contributed by atoms with Gasteiger partial charge in [-0.15, -0.1) is 35.3 Å². The third kappa shape index (κ3) is 19.1. The van der Waals surface area contributed by atoms with Crippen LogP contribution in [0.5, 0.6) is 0 Å². The van der Waals surface area contributed by atoms with Crippen molar-refractivity contribution in [2.75, 3.05) is 26.4 Å². The highest BCUT2D eigenvalue weighted by molar-refractivity contribution is 8.01. The fourth-order valence-electron chi connectivity index (χ4n) is 6.61. The maximum atomic E-state index is 11.9. The topological polar surface area (TPSA) is 310 Å². The minimum Gasteiger partial charge on any atom is -0.465 e. The summed E-state index contributed by atoms with van der Waals surface area (Å²) in [6.07, 6.45) is 0. The lowest BCUT2D eigenvalue weighted by Gasteiger charge is -2.43. The van der Waals surface area contributed by atoms with Gasteiger partial charge in [0.1, 0.15) is 26.4 Å². The SMILES string of the molecule is CC(=O)OCC1S[C@H](OC(C)=O)C(N)[C@@H](C)[C@@H]1C.CC(=O)OCC1S[C@H](OC(C)=O)C(N=[N+]=[N-])[C@@H](C)[C@@H]1C.CC(=O)OCC1S[C@H](OC(C)=O)C(NC(=O)CN=[N+]=[N-])[C@@H](C)[C@@H]1C. The summed E-state index contributed by atoms with van der Waals surface area (Å²) >= 11 is 4.20. The molecule has 0 spiro atoms. The number of azide groups is 2. The van der Waals surface area contributed by atoms with Crippen LogP contribution >= 0.6 is 35.3 Å². The minimum absolute atomic E-state index is 0.00314. The number of nitrogens with one attached hydrogen (secondary N) is 1. The van der Waals surface area contributed by atoms with E-state index >= 15 is 0 Å². The monoisotopic (exact) mass is 934 g/mol. The standard InChI is InChI=1S/C14H22N4O5S.C12H19N3O4S.C12H21NO4S/c1-7-8(2)13(17-12(21)5-16-18-15)14(23-10(4)20)24-11(7)6-22-9(3)19;1-6-7(2)11(14-15-13)12(19-9(4)17)20-10(6)5-18-8(3)16;1-6-7(2)11(13)12(17-9(4)15)18-10(6)5-16-8(3)14/h7-8,11,13-14H,5-6H2,1-4H3,(H,17,21);6-7,10-12H,5H2,1-4H3;6-7,10-12H,5,13H2,1-4H3/t7-,8-,11?,13?,14-;2*6-,7-,10?,11?,12-/m000/s1. The molecule has 21 nitrogen and oxygen atoms in total. The normalized spacial score (nSPS) is 32.3. The molecule has 62 heavy (non-hydrogen) atoms. The van der Waals surface area contributed by atoms with Gasteiger partial charge in [-0.3, -0.25) is 33.6 Å². The van der Waals surface area contributed by atoms with Gasteiger partial charge in [0.2, 0.25) is 5.91 Å². The third-order valence-electron chi connectivity index (χ3n) is 10.8.